The summed E-state index contributed by atoms with van der Waals surface area (Å²) in [6.45, 7) is 3.61. The molecule has 2 aromatic carbocycles. The van der Waals surface area contributed by atoms with Gasteiger partial charge in [-0.25, -0.2) is 0 Å². The number of amides is 2. The average molecular weight is 445 g/mol. The first kappa shape index (κ1) is 22.6. The standard InChI is InChI=1S/C23H25ClN2O5/c1-17(27)31-19-7-4-6-18(16-19)23(29)26-13-11-25(12-14-26)22(28)10-5-15-30-21-9-3-2-8-20(21)24/h2-4,6-9,16H,5,10-15H2,1H3. The number of carbonyl (C=O) groups excluding carboxylic acids is 3. The fraction of sp³-hybridized carbons (Fsp3) is 0.348. The molecule has 31 heavy (non-hydrogen) atoms. The summed E-state index contributed by atoms with van der Waals surface area (Å²) in [6, 6.07) is 13.8. The molecule has 1 fully saturated rings. The van der Waals surface area contributed by atoms with Gasteiger partial charge in [-0.1, -0.05) is 29.8 Å². The minimum absolute atomic E-state index is 0.0479. The summed E-state index contributed by atoms with van der Waals surface area (Å²) >= 11 is 6.05. The van der Waals surface area contributed by atoms with Crippen molar-refractivity contribution in [2.45, 2.75) is 19.8 Å². The molecule has 1 aliphatic rings. The van der Waals surface area contributed by atoms with E-state index >= 15 is 0 Å². The van der Waals surface area contributed by atoms with Crippen LogP contribution in [0.5, 0.6) is 11.5 Å². The molecule has 3 rings (SSSR count). The van der Waals surface area contributed by atoms with Gasteiger partial charge >= 0.3 is 5.97 Å². The molecular formula is C23H25ClN2O5. The summed E-state index contributed by atoms with van der Waals surface area (Å²) < 4.78 is 10.7. The lowest BCUT2D eigenvalue weighted by Crippen LogP contribution is -2.50. The molecule has 0 aromatic heterocycles. The Morgan fingerprint density at radius 2 is 1.68 bits per heavy atom. The summed E-state index contributed by atoms with van der Waals surface area (Å²) in [4.78, 5) is 39.8. The van der Waals surface area contributed by atoms with Gasteiger partial charge in [0.15, 0.2) is 0 Å². The van der Waals surface area contributed by atoms with E-state index in [2.05, 4.69) is 0 Å². The molecule has 0 N–H and O–H groups in total. The SMILES string of the molecule is CC(=O)Oc1cccc(C(=O)N2CCN(C(=O)CCCOc3ccccc3Cl)CC2)c1. The number of hydrogen-bond acceptors (Lipinski definition) is 5. The van der Waals surface area contributed by atoms with Crippen molar-refractivity contribution in [3.63, 3.8) is 0 Å². The topological polar surface area (TPSA) is 76.2 Å². The molecule has 8 heteroatoms. The van der Waals surface area contributed by atoms with E-state index < -0.39 is 5.97 Å². The molecule has 0 radical (unpaired) electrons. The fourth-order valence-electron chi connectivity index (χ4n) is 3.33. The molecule has 7 nitrogen and oxygen atoms in total. The van der Waals surface area contributed by atoms with E-state index in [0.29, 0.717) is 67.7 Å². The summed E-state index contributed by atoms with van der Waals surface area (Å²) in [5.74, 6) is 0.419. The van der Waals surface area contributed by atoms with Crippen LogP contribution < -0.4 is 9.47 Å². The largest absolute Gasteiger partial charge is 0.492 e. The van der Waals surface area contributed by atoms with Crippen molar-refractivity contribution in [1.82, 2.24) is 9.80 Å². The van der Waals surface area contributed by atoms with E-state index in [4.69, 9.17) is 21.1 Å². The maximum atomic E-state index is 12.7. The lowest BCUT2D eigenvalue weighted by atomic mass is 10.1. The second-order valence-corrected chi connectivity index (χ2v) is 7.58. The summed E-state index contributed by atoms with van der Waals surface area (Å²) in [5, 5.41) is 0.549. The van der Waals surface area contributed by atoms with Crippen LogP contribution in [0.4, 0.5) is 0 Å². The maximum Gasteiger partial charge on any atom is 0.308 e. The zero-order chi connectivity index (χ0) is 22.2. The first-order chi connectivity index (χ1) is 14.9. The highest BCUT2D eigenvalue weighted by atomic mass is 35.5. The normalized spacial score (nSPS) is 13.6. The van der Waals surface area contributed by atoms with Crippen molar-refractivity contribution < 1.29 is 23.9 Å². The van der Waals surface area contributed by atoms with Crippen molar-refractivity contribution in [2.24, 2.45) is 0 Å². The lowest BCUT2D eigenvalue weighted by Gasteiger charge is -2.35. The Kier molecular flexibility index (Phi) is 7.89. The van der Waals surface area contributed by atoms with Gasteiger partial charge in [0.1, 0.15) is 11.5 Å². The summed E-state index contributed by atoms with van der Waals surface area (Å²) in [6.07, 6.45) is 0.967. The van der Waals surface area contributed by atoms with Gasteiger partial charge in [-0.05, 0) is 36.8 Å². The Morgan fingerprint density at radius 1 is 0.968 bits per heavy atom. The van der Waals surface area contributed by atoms with Crippen molar-refractivity contribution >= 4 is 29.4 Å². The number of rotatable bonds is 7. The number of halogens is 1. The highest BCUT2D eigenvalue weighted by Crippen LogP contribution is 2.23. The third kappa shape index (κ3) is 6.46. The monoisotopic (exact) mass is 444 g/mol. The minimum atomic E-state index is -0.436. The number of nitrogens with zero attached hydrogens (tertiary/aromatic N) is 2. The number of carbonyl (C=O) groups is 3. The molecule has 1 saturated heterocycles. The molecule has 0 aliphatic carbocycles. The van der Waals surface area contributed by atoms with Gasteiger partial charge in [0.25, 0.3) is 5.91 Å². The molecule has 0 saturated carbocycles. The van der Waals surface area contributed by atoms with Gasteiger partial charge in [0.2, 0.25) is 5.91 Å². The first-order valence-electron chi connectivity index (χ1n) is 10.2. The maximum absolute atomic E-state index is 12.7. The molecule has 0 unspecified atom stereocenters. The van der Waals surface area contributed by atoms with Crippen molar-refractivity contribution in [3.05, 3.63) is 59.1 Å². The smallest absolute Gasteiger partial charge is 0.308 e. The number of hydrogen-bond donors (Lipinski definition) is 0. The van der Waals surface area contributed by atoms with E-state index in [-0.39, 0.29) is 11.8 Å². The van der Waals surface area contributed by atoms with Crippen LogP contribution in [-0.2, 0) is 9.59 Å². The molecule has 1 heterocycles. The van der Waals surface area contributed by atoms with E-state index in [1.165, 1.54) is 6.92 Å². The Morgan fingerprint density at radius 3 is 2.39 bits per heavy atom. The predicted molar refractivity (Wildman–Crippen MR) is 116 cm³/mol. The molecule has 1 aliphatic heterocycles. The molecule has 0 atom stereocenters. The quantitative estimate of drug-likeness (QED) is 0.371. The number of piperazine rings is 1. The highest BCUT2D eigenvalue weighted by molar-refractivity contribution is 6.32. The van der Waals surface area contributed by atoms with Crippen molar-refractivity contribution in [3.8, 4) is 11.5 Å². The second kappa shape index (κ2) is 10.8. The molecule has 2 aromatic rings. The van der Waals surface area contributed by atoms with E-state index in [0.717, 1.165) is 0 Å². The first-order valence-corrected chi connectivity index (χ1v) is 10.5. The van der Waals surface area contributed by atoms with Gasteiger partial charge in [0.05, 0.1) is 11.6 Å². The Labute approximate surface area is 186 Å². The van der Waals surface area contributed by atoms with Gasteiger partial charge < -0.3 is 19.3 Å². The van der Waals surface area contributed by atoms with Crippen molar-refractivity contribution in [2.75, 3.05) is 32.8 Å². The molecule has 164 valence electrons. The van der Waals surface area contributed by atoms with Gasteiger partial charge in [0, 0.05) is 45.1 Å². The van der Waals surface area contributed by atoms with Crippen LogP contribution in [0.25, 0.3) is 0 Å². The summed E-state index contributed by atoms with van der Waals surface area (Å²) in [7, 11) is 0. The Balaban J connectivity index is 1.42. The van der Waals surface area contributed by atoms with Crippen LogP contribution in [0.1, 0.15) is 30.1 Å². The highest BCUT2D eigenvalue weighted by Gasteiger charge is 2.25. The van der Waals surface area contributed by atoms with Crippen LogP contribution in [0.3, 0.4) is 0 Å². The van der Waals surface area contributed by atoms with Crippen LogP contribution in [0.15, 0.2) is 48.5 Å². The molecule has 0 spiro atoms. The lowest BCUT2D eigenvalue weighted by molar-refractivity contribution is -0.133. The average Bonchev–Trinajstić information content (AvgIpc) is 2.77. The van der Waals surface area contributed by atoms with Crippen LogP contribution >= 0.6 is 11.6 Å². The third-order valence-corrected chi connectivity index (χ3v) is 5.20. The zero-order valence-electron chi connectivity index (χ0n) is 17.4. The van der Waals surface area contributed by atoms with Crippen molar-refractivity contribution in [1.29, 1.82) is 0 Å². The third-order valence-electron chi connectivity index (χ3n) is 4.89. The number of para-hydroxylation sites is 1. The summed E-state index contributed by atoms with van der Waals surface area (Å²) in [5.41, 5.74) is 0.454. The number of ether oxygens (including phenoxy) is 2. The Hall–Kier alpha value is -3.06. The van der Waals surface area contributed by atoms with Crippen LogP contribution in [0.2, 0.25) is 5.02 Å². The number of benzene rings is 2. The minimum Gasteiger partial charge on any atom is -0.492 e. The number of esters is 1. The second-order valence-electron chi connectivity index (χ2n) is 7.18. The van der Waals surface area contributed by atoms with Crippen LogP contribution in [-0.4, -0.2) is 60.4 Å². The van der Waals surface area contributed by atoms with Gasteiger partial charge in [-0.15, -0.1) is 0 Å². The molecule has 2 amide bonds. The van der Waals surface area contributed by atoms with Crippen LogP contribution in [0, 0.1) is 0 Å². The van der Waals surface area contributed by atoms with Gasteiger partial charge in [-0.2, -0.15) is 0 Å². The van der Waals surface area contributed by atoms with Gasteiger partial charge in [-0.3, -0.25) is 14.4 Å². The van der Waals surface area contributed by atoms with E-state index in [1.807, 2.05) is 12.1 Å². The fourth-order valence-corrected chi connectivity index (χ4v) is 3.52. The zero-order valence-corrected chi connectivity index (χ0v) is 18.1. The molecular weight excluding hydrogens is 420 g/mol. The van der Waals surface area contributed by atoms with E-state index in [9.17, 15) is 14.4 Å². The van der Waals surface area contributed by atoms with E-state index in [1.54, 1.807) is 46.2 Å². The predicted octanol–water partition coefficient (Wildman–Crippen LogP) is 3.41. The Bertz CT molecular complexity index is 941. The molecule has 0 bridgehead atoms.